The van der Waals surface area contributed by atoms with Crippen molar-refractivity contribution in [3.63, 3.8) is 0 Å². The fourth-order valence-electron chi connectivity index (χ4n) is 8.44. The molecule has 0 aromatic heterocycles. The number of unbranched alkanes of at least 4 members (excludes halogenated alkanes) is 18. The lowest BCUT2D eigenvalue weighted by atomic mass is 9.59. The number of likely N-dealkylation sites (N-methyl/N-ethyl adjacent to an activating group) is 1. The van der Waals surface area contributed by atoms with Crippen molar-refractivity contribution in [2.45, 2.75) is 212 Å². The third kappa shape index (κ3) is 17.2. The van der Waals surface area contributed by atoms with E-state index in [0.29, 0.717) is 17.6 Å². The van der Waals surface area contributed by atoms with Crippen molar-refractivity contribution in [3.8, 4) is 0 Å². The molecule has 3 heteroatoms. The number of nitrogens with zero attached hydrogens (tertiary/aromatic N) is 1. The zero-order valence-corrected chi connectivity index (χ0v) is 32.3. The maximum Gasteiger partial charge on any atom is 0.170 e. The SMILES string of the molecule is CCCCCC=CCC=CCCCCCCCCC1(CCCCCCCCC=CCC=CCCCCC)CC2(C1)OC1CN(C)CC1O2. The molecule has 1 aliphatic carbocycles. The first kappa shape index (κ1) is 41.3. The third-order valence-electron chi connectivity index (χ3n) is 11.2. The molecule has 0 aromatic carbocycles. The second-order valence-corrected chi connectivity index (χ2v) is 16.0. The Morgan fingerprint density at radius 1 is 0.479 bits per heavy atom. The van der Waals surface area contributed by atoms with Gasteiger partial charge in [-0.2, -0.15) is 0 Å². The minimum absolute atomic E-state index is 0.243. The van der Waals surface area contributed by atoms with Crippen molar-refractivity contribution in [1.82, 2.24) is 4.90 Å². The summed E-state index contributed by atoms with van der Waals surface area (Å²) >= 11 is 0. The summed E-state index contributed by atoms with van der Waals surface area (Å²) in [5.74, 6) is -0.243. The molecular formula is C45H79NO2. The van der Waals surface area contributed by atoms with Crippen LogP contribution in [0.15, 0.2) is 48.6 Å². The summed E-state index contributed by atoms with van der Waals surface area (Å²) in [6, 6.07) is 0. The van der Waals surface area contributed by atoms with Crippen LogP contribution in [-0.4, -0.2) is 43.0 Å². The van der Waals surface area contributed by atoms with Gasteiger partial charge in [0.2, 0.25) is 0 Å². The molecule has 3 fully saturated rings. The van der Waals surface area contributed by atoms with Crippen LogP contribution in [0.25, 0.3) is 0 Å². The van der Waals surface area contributed by atoms with Crippen LogP contribution in [0, 0.1) is 5.41 Å². The molecule has 3 aliphatic rings. The van der Waals surface area contributed by atoms with Crippen molar-refractivity contribution in [1.29, 1.82) is 0 Å². The number of allylic oxidation sites excluding steroid dienone is 8. The van der Waals surface area contributed by atoms with Gasteiger partial charge in [0.1, 0.15) is 12.2 Å². The van der Waals surface area contributed by atoms with E-state index in [4.69, 9.17) is 9.47 Å². The van der Waals surface area contributed by atoms with Crippen molar-refractivity contribution in [2.75, 3.05) is 20.1 Å². The molecule has 48 heavy (non-hydrogen) atoms. The Labute approximate surface area is 299 Å². The predicted octanol–water partition coefficient (Wildman–Crippen LogP) is 13.6. The molecular weight excluding hydrogens is 587 g/mol. The smallest absolute Gasteiger partial charge is 0.170 e. The maximum atomic E-state index is 6.62. The highest BCUT2D eigenvalue weighted by atomic mass is 16.8. The Morgan fingerprint density at radius 2 is 0.833 bits per heavy atom. The van der Waals surface area contributed by atoms with E-state index in [2.05, 4.69) is 74.4 Å². The fourth-order valence-corrected chi connectivity index (χ4v) is 8.44. The first-order valence-corrected chi connectivity index (χ1v) is 21.2. The molecule has 1 saturated carbocycles. The summed E-state index contributed by atoms with van der Waals surface area (Å²) in [6.07, 6.45) is 56.5. The Morgan fingerprint density at radius 3 is 1.23 bits per heavy atom. The number of rotatable bonds is 30. The van der Waals surface area contributed by atoms with Crippen LogP contribution in [0.1, 0.15) is 194 Å². The van der Waals surface area contributed by atoms with E-state index in [-0.39, 0.29) is 5.79 Å². The van der Waals surface area contributed by atoms with E-state index in [1.807, 2.05) is 0 Å². The first-order chi connectivity index (χ1) is 23.6. The topological polar surface area (TPSA) is 21.7 Å². The number of hydrogen-bond donors (Lipinski definition) is 0. The van der Waals surface area contributed by atoms with E-state index < -0.39 is 0 Å². The zero-order chi connectivity index (χ0) is 34.0. The third-order valence-corrected chi connectivity index (χ3v) is 11.2. The predicted molar refractivity (Wildman–Crippen MR) is 210 cm³/mol. The maximum absolute atomic E-state index is 6.62. The summed E-state index contributed by atoms with van der Waals surface area (Å²) in [5.41, 5.74) is 0.467. The van der Waals surface area contributed by atoms with Gasteiger partial charge in [-0.3, -0.25) is 0 Å². The summed E-state index contributed by atoms with van der Waals surface area (Å²) in [6.45, 7) is 6.63. The van der Waals surface area contributed by atoms with Gasteiger partial charge in [-0.25, -0.2) is 0 Å². The van der Waals surface area contributed by atoms with Crippen LogP contribution in [0.2, 0.25) is 0 Å². The van der Waals surface area contributed by atoms with Crippen molar-refractivity contribution in [3.05, 3.63) is 48.6 Å². The highest BCUT2D eigenvalue weighted by Crippen LogP contribution is 2.60. The molecule has 3 rings (SSSR count). The second kappa shape index (κ2) is 25.7. The average Bonchev–Trinajstić information content (AvgIpc) is 3.58. The van der Waals surface area contributed by atoms with Gasteiger partial charge in [-0.1, -0.05) is 152 Å². The van der Waals surface area contributed by atoms with Gasteiger partial charge in [0.05, 0.1) is 0 Å². The molecule has 1 spiro atoms. The van der Waals surface area contributed by atoms with E-state index in [1.165, 1.54) is 154 Å². The highest BCUT2D eigenvalue weighted by Gasteiger charge is 2.62. The molecule has 2 unspecified atom stereocenters. The Hall–Kier alpha value is -1.16. The second-order valence-electron chi connectivity index (χ2n) is 16.0. The van der Waals surface area contributed by atoms with Crippen LogP contribution < -0.4 is 0 Å². The quantitative estimate of drug-likeness (QED) is 0.0563. The van der Waals surface area contributed by atoms with Crippen molar-refractivity contribution < 1.29 is 9.47 Å². The molecule has 0 bridgehead atoms. The molecule has 2 saturated heterocycles. The van der Waals surface area contributed by atoms with Crippen molar-refractivity contribution in [2.24, 2.45) is 5.41 Å². The van der Waals surface area contributed by atoms with E-state index >= 15 is 0 Å². The van der Waals surface area contributed by atoms with Gasteiger partial charge in [0.15, 0.2) is 5.79 Å². The minimum atomic E-state index is -0.243. The molecule has 276 valence electrons. The summed E-state index contributed by atoms with van der Waals surface area (Å²) < 4.78 is 13.2. The van der Waals surface area contributed by atoms with Crippen LogP contribution >= 0.6 is 0 Å². The molecule has 0 N–H and O–H groups in total. The molecule has 0 amide bonds. The Kier molecular flexibility index (Phi) is 22.1. The fraction of sp³-hybridized carbons (Fsp3) is 0.822. The van der Waals surface area contributed by atoms with Crippen molar-refractivity contribution >= 4 is 0 Å². The normalized spacial score (nSPS) is 26.0. The molecule has 2 heterocycles. The first-order valence-electron chi connectivity index (χ1n) is 21.2. The number of hydrogen-bond acceptors (Lipinski definition) is 3. The van der Waals surface area contributed by atoms with E-state index in [1.54, 1.807) is 0 Å². The number of fused-ring (bicyclic) bond motifs is 1. The van der Waals surface area contributed by atoms with Gasteiger partial charge in [-0.05, 0) is 89.5 Å². The van der Waals surface area contributed by atoms with E-state index in [9.17, 15) is 0 Å². The lowest BCUT2D eigenvalue weighted by Gasteiger charge is -2.54. The Balaban J connectivity index is 1.22. The van der Waals surface area contributed by atoms with Gasteiger partial charge < -0.3 is 14.4 Å². The average molecular weight is 666 g/mol. The molecule has 3 nitrogen and oxygen atoms in total. The largest absolute Gasteiger partial charge is 0.343 e. The van der Waals surface area contributed by atoms with Crippen LogP contribution in [0.4, 0.5) is 0 Å². The minimum Gasteiger partial charge on any atom is -0.343 e. The Bertz CT molecular complexity index is 831. The van der Waals surface area contributed by atoms with Gasteiger partial charge >= 0.3 is 0 Å². The summed E-state index contributed by atoms with van der Waals surface area (Å²) in [7, 11) is 2.19. The number of likely N-dealkylation sites (tertiary alicyclic amines) is 1. The van der Waals surface area contributed by atoms with Crippen LogP contribution in [0.3, 0.4) is 0 Å². The van der Waals surface area contributed by atoms with Gasteiger partial charge in [0.25, 0.3) is 0 Å². The molecule has 2 aliphatic heterocycles. The summed E-state index contributed by atoms with van der Waals surface area (Å²) in [5, 5.41) is 0. The molecule has 0 aromatic rings. The zero-order valence-electron chi connectivity index (χ0n) is 32.3. The van der Waals surface area contributed by atoms with Crippen LogP contribution in [-0.2, 0) is 9.47 Å². The highest BCUT2D eigenvalue weighted by molar-refractivity contribution is 5.06. The van der Waals surface area contributed by atoms with Gasteiger partial charge in [0, 0.05) is 25.9 Å². The summed E-state index contributed by atoms with van der Waals surface area (Å²) in [4.78, 5) is 2.36. The van der Waals surface area contributed by atoms with E-state index in [0.717, 1.165) is 38.8 Å². The monoisotopic (exact) mass is 666 g/mol. The number of ether oxygens (including phenoxy) is 2. The van der Waals surface area contributed by atoms with Gasteiger partial charge in [-0.15, -0.1) is 0 Å². The van der Waals surface area contributed by atoms with Crippen LogP contribution in [0.5, 0.6) is 0 Å². The lowest BCUT2D eigenvalue weighted by molar-refractivity contribution is -0.281. The molecule has 0 radical (unpaired) electrons. The molecule has 2 atom stereocenters. The standard InChI is InChI=1S/C45H79NO2/c1-4-6-8-10-12-14-16-18-20-22-24-26-28-30-32-34-36-44(40-45(41-44)47-42-38-46(3)39-43(42)48-45)37-35-33-31-29-27-25-23-21-19-17-15-13-11-9-7-5-2/h12-15,18-21,42-43H,4-11,16-17,22-41H2,1-3H3. The lowest BCUT2D eigenvalue weighted by Crippen LogP contribution is -2.54.